The van der Waals surface area contributed by atoms with Crippen LogP contribution < -0.4 is 10.2 Å². The maximum atomic E-state index is 12.9. The monoisotopic (exact) mass is 374 g/mol. The number of ether oxygens (including phenoxy) is 1. The molecule has 1 aromatic carbocycles. The highest BCUT2D eigenvalue weighted by Gasteiger charge is 2.24. The fraction of sp³-hybridized carbons (Fsp3) is 0.412. The van der Waals surface area contributed by atoms with Crippen LogP contribution in [0.2, 0.25) is 0 Å². The van der Waals surface area contributed by atoms with E-state index >= 15 is 0 Å². The average molecular weight is 374 g/mol. The Labute approximate surface area is 153 Å². The molecular weight excluding hydrogens is 356 g/mol. The lowest BCUT2D eigenvalue weighted by atomic mass is 10.1. The first-order chi connectivity index (χ1) is 12.6. The number of rotatable bonds is 4. The number of nitrogens with one attached hydrogen (secondary N) is 1. The maximum absolute atomic E-state index is 12.9. The van der Waals surface area contributed by atoms with E-state index in [1.54, 1.807) is 6.07 Å². The molecular formula is C17H18N4O4S. The molecule has 2 aliphatic rings. The Balaban J connectivity index is 1.63. The second-order valence-corrected chi connectivity index (χ2v) is 7.34. The van der Waals surface area contributed by atoms with E-state index in [-0.39, 0.29) is 17.2 Å². The molecule has 2 aromatic rings. The molecule has 1 amide bonds. The van der Waals surface area contributed by atoms with Gasteiger partial charge in [-0.05, 0) is 25.3 Å². The van der Waals surface area contributed by atoms with Crippen LogP contribution >= 0.6 is 11.3 Å². The van der Waals surface area contributed by atoms with Crippen molar-refractivity contribution in [3.8, 4) is 0 Å². The van der Waals surface area contributed by atoms with Gasteiger partial charge in [-0.15, -0.1) is 11.3 Å². The van der Waals surface area contributed by atoms with Gasteiger partial charge < -0.3 is 9.64 Å². The zero-order valence-corrected chi connectivity index (χ0v) is 14.9. The number of nitro benzene ring substituents is 1. The van der Waals surface area contributed by atoms with Crippen molar-refractivity contribution in [2.24, 2.45) is 0 Å². The van der Waals surface area contributed by atoms with Crippen molar-refractivity contribution in [2.45, 2.75) is 19.3 Å². The summed E-state index contributed by atoms with van der Waals surface area (Å²) in [5.41, 5.74) is 1.92. The summed E-state index contributed by atoms with van der Waals surface area (Å²) in [5.74, 6) is -0.373. The summed E-state index contributed by atoms with van der Waals surface area (Å²) in [6, 6.07) is 4.40. The van der Waals surface area contributed by atoms with Crippen molar-refractivity contribution in [1.29, 1.82) is 0 Å². The quantitative estimate of drug-likeness (QED) is 0.653. The highest BCUT2D eigenvalue weighted by Crippen LogP contribution is 2.32. The second kappa shape index (κ2) is 7.00. The summed E-state index contributed by atoms with van der Waals surface area (Å²) >= 11 is 1.49. The van der Waals surface area contributed by atoms with Crippen LogP contribution in [0.3, 0.4) is 0 Å². The summed E-state index contributed by atoms with van der Waals surface area (Å²) in [5, 5.41) is 14.5. The van der Waals surface area contributed by atoms with Crippen molar-refractivity contribution in [2.75, 3.05) is 36.5 Å². The first kappa shape index (κ1) is 16.9. The first-order valence-corrected chi connectivity index (χ1v) is 9.34. The third-order valence-corrected chi connectivity index (χ3v) is 5.68. The molecule has 1 fully saturated rings. The average Bonchev–Trinajstić information content (AvgIpc) is 3.23. The summed E-state index contributed by atoms with van der Waals surface area (Å²) in [6.07, 6.45) is 3.05. The van der Waals surface area contributed by atoms with Gasteiger partial charge in [-0.25, -0.2) is 4.98 Å². The molecule has 0 bridgehead atoms. The van der Waals surface area contributed by atoms with Crippen LogP contribution in [0.5, 0.6) is 0 Å². The van der Waals surface area contributed by atoms with Crippen molar-refractivity contribution in [3.05, 3.63) is 44.4 Å². The normalized spacial score (nSPS) is 16.4. The summed E-state index contributed by atoms with van der Waals surface area (Å²) in [6.45, 7) is 2.42. The fourth-order valence-corrected chi connectivity index (χ4v) is 4.35. The Bertz CT molecular complexity index is 839. The van der Waals surface area contributed by atoms with E-state index in [1.807, 2.05) is 4.90 Å². The number of hydrogen-bond acceptors (Lipinski definition) is 7. The van der Waals surface area contributed by atoms with E-state index in [4.69, 9.17) is 4.74 Å². The minimum absolute atomic E-state index is 0.103. The minimum atomic E-state index is -0.488. The molecule has 2 heterocycles. The Kier molecular flexibility index (Phi) is 4.56. The highest BCUT2D eigenvalue weighted by molar-refractivity contribution is 7.16. The van der Waals surface area contributed by atoms with Gasteiger partial charge in [0.25, 0.3) is 11.6 Å². The highest BCUT2D eigenvalue weighted by atomic mass is 32.1. The number of aromatic nitrogens is 1. The van der Waals surface area contributed by atoms with Gasteiger partial charge in [-0.3, -0.25) is 20.2 Å². The first-order valence-electron chi connectivity index (χ1n) is 8.53. The van der Waals surface area contributed by atoms with Gasteiger partial charge in [0.1, 0.15) is 0 Å². The molecule has 136 valence electrons. The minimum Gasteiger partial charge on any atom is -0.378 e. The number of carbonyl (C=O) groups excluding carboxylic acids is 1. The number of aryl methyl sites for hydroxylation is 2. The standard InChI is InChI=1S/C17H18N4O4S/c22-16(19-17-18-13-2-1-3-15(13)26-17)12-10-11(21(23)24)4-5-14(12)20-6-8-25-9-7-20/h4-5,10H,1-3,6-9H2,(H,18,19,22). The number of morpholine rings is 1. The number of non-ortho nitro benzene ring substituents is 1. The molecule has 1 aliphatic carbocycles. The van der Waals surface area contributed by atoms with Crippen LogP contribution in [0.4, 0.5) is 16.5 Å². The smallest absolute Gasteiger partial charge is 0.270 e. The van der Waals surface area contributed by atoms with Crippen LogP contribution in [0, 0.1) is 10.1 Å². The number of benzene rings is 1. The van der Waals surface area contributed by atoms with E-state index in [0.717, 1.165) is 25.0 Å². The molecule has 1 aromatic heterocycles. The number of anilines is 2. The zero-order valence-electron chi connectivity index (χ0n) is 14.1. The number of hydrogen-bond donors (Lipinski definition) is 1. The topological polar surface area (TPSA) is 97.6 Å². The number of amides is 1. The zero-order chi connectivity index (χ0) is 18.1. The lowest BCUT2D eigenvalue weighted by Gasteiger charge is -2.30. The van der Waals surface area contributed by atoms with Crippen LogP contribution in [-0.2, 0) is 17.6 Å². The molecule has 1 saturated heterocycles. The number of nitrogens with zero attached hydrogens (tertiary/aromatic N) is 3. The molecule has 4 rings (SSSR count). The molecule has 8 nitrogen and oxygen atoms in total. The van der Waals surface area contributed by atoms with E-state index in [0.29, 0.717) is 37.1 Å². The van der Waals surface area contributed by atoms with Crippen LogP contribution in [-0.4, -0.2) is 42.1 Å². The lowest BCUT2D eigenvalue weighted by Crippen LogP contribution is -2.37. The fourth-order valence-electron chi connectivity index (χ4n) is 3.31. The second-order valence-electron chi connectivity index (χ2n) is 6.25. The Morgan fingerprint density at radius 2 is 2.12 bits per heavy atom. The third kappa shape index (κ3) is 3.27. The molecule has 0 radical (unpaired) electrons. The van der Waals surface area contributed by atoms with Crippen molar-refractivity contribution < 1.29 is 14.5 Å². The van der Waals surface area contributed by atoms with Gasteiger partial charge in [0, 0.05) is 30.1 Å². The van der Waals surface area contributed by atoms with Gasteiger partial charge in [0.2, 0.25) is 0 Å². The predicted octanol–water partition coefficient (Wildman–Crippen LogP) is 2.63. The summed E-state index contributed by atoms with van der Waals surface area (Å²) in [4.78, 5) is 31.2. The van der Waals surface area contributed by atoms with Gasteiger partial charge >= 0.3 is 0 Å². The summed E-state index contributed by atoms with van der Waals surface area (Å²) < 4.78 is 5.36. The van der Waals surface area contributed by atoms with Gasteiger partial charge in [0.15, 0.2) is 5.13 Å². The van der Waals surface area contributed by atoms with Crippen molar-refractivity contribution >= 4 is 33.8 Å². The third-order valence-electron chi connectivity index (χ3n) is 4.60. The van der Waals surface area contributed by atoms with Crippen molar-refractivity contribution in [3.63, 3.8) is 0 Å². The van der Waals surface area contributed by atoms with Crippen LogP contribution in [0.1, 0.15) is 27.3 Å². The van der Waals surface area contributed by atoms with E-state index in [2.05, 4.69) is 10.3 Å². The molecule has 0 atom stereocenters. The number of nitro groups is 1. The SMILES string of the molecule is O=C(Nc1nc2c(s1)CCC2)c1cc([N+](=O)[O-])ccc1N1CCOCC1. The Hall–Kier alpha value is -2.52. The molecule has 0 saturated carbocycles. The maximum Gasteiger partial charge on any atom is 0.270 e. The lowest BCUT2D eigenvalue weighted by molar-refractivity contribution is -0.384. The molecule has 0 unspecified atom stereocenters. The molecule has 9 heteroatoms. The number of fused-ring (bicyclic) bond motifs is 1. The van der Waals surface area contributed by atoms with Gasteiger partial charge in [-0.1, -0.05) is 0 Å². The van der Waals surface area contributed by atoms with E-state index < -0.39 is 4.92 Å². The number of carbonyl (C=O) groups is 1. The van der Waals surface area contributed by atoms with Gasteiger partial charge in [-0.2, -0.15) is 0 Å². The Morgan fingerprint density at radius 1 is 1.31 bits per heavy atom. The van der Waals surface area contributed by atoms with E-state index in [9.17, 15) is 14.9 Å². The summed E-state index contributed by atoms with van der Waals surface area (Å²) in [7, 11) is 0. The Morgan fingerprint density at radius 3 is 2.85 bits per heavy atom. The predicted molar refractivity (Wildman–Crippen MR) is 98.2 cm³/mol. The van der Waals surface area contributed by atoms with Crippen molar-refractivity contribution in [1.82, 2.24) is 4.98 Å². The molecule has 1 aliphatic heterocycles. The van der Waals surface area contributed by atoms with Crippen LogP contribution in [0.25, 0.3) is 0 Å². The van der Waals surface area contributed by atoms with Gasteiger partial charge in [0.05, 0.1) is 35.1 Å². The van der Waals surface area contributed by atoms with E-state index in [1.165, 1.54) is 28.3 Å². The van der Waals surface area contributed by atoms with Crippen LogP contribution in [0.15, 0.2) is 18.2 Å². The largest absolute Gasteiger partial charge is 0.378 e. The molecule has 26 heavy (non-hydrogen) atoms. The molecule has 1 N–H and O–H groups in total. The molecule has 0 spiro atoms. The number of thiazole rings is 1.